The second kappa shape index (κ2) is 5.62. The molecule has 0 bridgehead atoms. The molecular weight excluding hydrogens is 292 g/mol. The van der Waals surface area contributed by atoms with Gasteiger partial charge in [0.15, 0.2) is 0 Å². The van der Waals surface area contributed by atoms with Crippen molar-refractivity contribution in [1.82, 2.24) is 9.55 Å². The van der Waals surface area contributed by atoms with Crippen LogP contribution in [-0.2, 0) is 4.74 Å². The SMILES string of the molecule is CC(C)(C)OC(=O)n1ccc2cc(C#C[Si](C)(C)C)cnc21. The quantitative estimate of drug-likeness (QED) is 0.544. The second-order valence-electron chi connectivity index (χ2n) is 7.30. The predicted molar refractivity (Wildman–Crippen MR) is 91.6 cm³/mol. The molecule has 0 saturated heterocycles. The molecule has 2 heterocycles. The monoisotopic (exact) mass is 314 g/mol. The van der Waals surface area contributed by atoms with Crippen molar-refractivity contribution in [3.63, 3.8) is 0 Å². The Balaban J connectivity index is 2.34. The molecule has 22 heavy (non-hydrogen) atoms. The Hall–Kier alpha value is -2.06. The summed E-state index contributed by atoms with van der Waals surface area (Å²) in [5.41, 5.74) is 4.25. The predicted octanol–water partition coefficient (Wildman–Crippen LogP) is 4.05. The number of nitrogens with zero attached hydrogens (tertiary/aromatic N) is 2. The van der Waals surface area contributed by atoms with Gasteiger partial charge in [0, 0.05) is 23.3 Å². The lowest BCUT2D eigenvalue weighted by atomic mass is 10.2. The van der Waals surface area contributed by atoms with E-state index < -0.39 is 19.8 Å². The Labute approximate surface area is 132 Å². The lowest BCUT2D eigenvalue weighted by Gasteiger charge is -2.19. The van der Waals surface area contributed by atoms with E-state index in [1.165, 1.54) is 4.57 Å². The van der Waals surface area contributed by atoms with E-state index in [9.17, 15) is 4.79 Å². The molecule has 4 nitrogen and oxygen atoms in total. The fraction of sp³-hybridized carbons (Fsp3) is 0.412. The van der Waals surface area contributed by atoms with Crippen LogP contribution in [0.15, 0.2) is 24.5 Å². The van der Waals surface area contributed by atoms with Crippen molar-refractivity contribution in [2.24, 2.45) is 0 Å². The van der Waals surface area contributed by atoms with E-state index in [0.717, 1.165) is 10.9 Å². The first-order chi connectivity index (χ1) is 10.1. The summed E-state index contributed by atoms with van der Waals surface area (Å²) in [6.45, 7) is 12.1. The smallest absolute Gasteiger partial charge is 0.420 e. The van der Waals surface area contributed by atoms with Gasteiger partial charge in [0.05, 0.1) is 0 Å². The molecule has 2 rings (SSSR count). The molecule has 0 spiro atoms. The molecule has 0 radical (unpaired) electrons. The number of hydrogen-bond acceptors (Lipinski definition) is 3. The Morgan fingerprint density at radius 1 is 1.32 bits per heavy atom. The normalized spacial score (nSPS) is 11.9. The van der Waals surface area contributed by atoms with Gasteiger partial charge in [-0.3, -0.25) is 0 Å². The maximum Gasteiger partial charge on any atom is 0.420 e. The van der Waals surface area contributed by atoms with Crippen LogP contribution >= 0.6 is 0 Å². The molecule has 0 aliphatic rings. The molecule has 0 fully saturated rings. The molecule has 0 aromatic carbocycles. The molecule has 0 saturated carbocycles. The number of fused-ring (bicyclic) bond motifs is 1. The van der Waals surface area contributed by atoms with Crippen LogP contribution in [0.25, 0.3) is 11.0 Å². The van der Waals surface area contributed by atoms with Crippen LogP contribution in [0.3, 0.4) is 0 Å². The van der Waals surface area contributed by atoms with Crippen LogP contribution < -0.4 is 0 Å². The number of ether oxygens (including phenoxy) is 1. The highest BCUT2D eigenvalue weighted by Gasteiger charge is 2.19. The van der Waals surface area contributed by atoms with Crippen LogP contribution in [0.5, 0.6) is 0 Å². The molecule has 0 atom stereocenters. The topological polar surface area (TPSA) is 44.1 Å². The number of pyridine rings is 1. The first-order valence-corrected chi connectivity index (χ1v) is 10.8. The van der Waals surface area contributed by atoms with Crippen LogP contribution in [0.2, 0.25) is 19.6 Å². The lowest BCUT2D eigenvalue weighted by molar-refractivity contribution is 0.0543. The average molecular weight is 314 g/mol. The summed E-state index contributed by atoms with van der Waals surface area (Å²) >= 11 is 0. The van der Waals surface area contributed by atoms with Crippen LogP contribution in [-0.4, -0.2) is 29.3 Å². The van der Waals surface area contributed by atoms with Crippen LogP contribution in [0.4, 0.5) is 4.79 Å². The van der Waals surface area contributed by atoms with Gasteiger partial charge in [-0.25, -0.2) is 14.3 Å². The molecule has 0 aliphatic heterocycles. The van der Waals surface area contributed by atoms with Gasteiger partial charge in [-0.2, -0.15) is 0 Å². The fourth-order valence-electron chi connectivity index (χ4n) is 1.81. The first kappa shape index (κ1) is 16.3. The van der Waals surface area contributed by atoms with Gasteiger partial charge in [0.2, 0.25) is 0 Å². The van der Waals surface area contributed by atoms with Gasteiger partial charge < -0.3 is 4.74 Å². The Morgan fingerprint density at radius 3 is 2.59 bits per heavy atom. The fourth-order valence-corrected chi connectivity index (χ4v) is 2.33. The summed E-state index contributed by atoms with van der Waals surface area (Å²) in [5.74, 6) is 3.18. The standard InChI is InChI=1S/C17H22N2O2Si/c1-17(2,3)21-16(20)19-9-7-14-11-13(12-18-15(14)19)8-10-22(4,5)6/h7,9,11-12H,1-6H3. The molecular formula is C17H22N2O2Si. The molecule has 0 aliphatic carbocycles. The highest BCUT2D eigenvalue weighted by Crippen LogP contribution is 2.17. The van der Waals surface area contributed by atoms with Gasteiger partial charge in [-0.05, 0) is 32.9 Å². The average Bonchev–Trinajstić information content (AvgIpc) is 2.76. The van der Waals surface area contributed by atoms with Crippen LogP contribution in [0.1, 0.15) is 26.3 Å². The molecule has 0 unspecified atom stereocenters. The summed E-state index contributed by atoms with van der Waals surface area (Å²) in [5, 5.41) is 0.883. The van der Waals surface area contributed by atoms with Gasteiger partial charge in [0.25, 0.3) is 0 Å². The number of aromatic nitrogens is 2. The van der Waals surface area contributed by atoms with E-state index in [4.69, 9.17) is 4.74 Å². The van der Waals surface area contributed by atoms with E-state index in [2.05, 4.69) is 36.1 Å². The number of hydrogen-bond donors (Lipinski definition) is 0. The zero-order valence-corrected chi connectivity index (χ0v) is 15.0. The van der Waals surface area contributed by atoms with E-state index in [1.54, 1.807) is 12.4 Å². The summed E-state index contributed by atoms with van der Waals surface area (Å²) in [7, 11) is -1.42. The second-order valence-corrected chi connectivity index (χ2v) is 12.1. The maximum atomic E-state index is 12.2. The van der Waals surface area contributed by atoms with Crippen molar-refractivity contribution in [3.8, 4) is 11.5 Å². The minimum absolute atomic E-state index is 0.420. The highest BCUT2D eigenvalue weighted by molar-refractivity contribution is 6.83. The Bertz CT molecular complexity index is 768. The highest BCUT2D eigenvalue weighted by atomic mass is 28.3. The van der Waals surface area contributed by atoms with Crippen molar-refractivity contribution >= 4 is 25.2 Å². The molecule has 0 amide bonds. The molecule has 2 aromatic heterocycles. The van der Waals surface area contributed by atoms with Gasteiger partial charge in [-0.15, -0.1) is 5.54 Å². The van der Waals surface area contributed by atoms with E-state index in [0.29, 0.717) is 5.65 Å². The van der Waals surface area contributed by atoms with Crippen molar-refractivity contribution in [2.45, 2.75) is 46.0 Å². The van der Waals surface area contributed by atoms with Crippen molar-refractivity contribution in [2.75, 3.05) is 0 Å². The Morgan fingerprint density at radius 2 is 2.00 bits per heavy atom. The third-order valence-electron chi connectivity index (χ3n) is 2.70. The van der Waals surface area contributed by atoms with Gasteiger partial charge >= 0.3 is 6.09 Å². The largest absolute Gasteiger partial charge is 0.443 e. The Kier molecular flexibility index (Phi) is 4.16. The zero-order chi connectivity index (χ0) is 16.5. The van der Waals surface area contributed by atoms with Crippen LogP contribution in [0, 0.1) is 11.5 Å². The van der Waals surface area contributed by atoms with Crippen molar-refractivity contribution < 1.29 is 9.53 Å². The number of carbonyl (C=O) groups is 1. The van der Waals surface area contributed by atoms with Gasteiger partial charge in [0.1, 0.15) is 19.3 Å². The van der Waals surface area contributed by atoms with Crippen molar-refractivity contribution in [3.05, 3.63) is 30.1 Å². The third kappa shape index (κ3) is 4.22. The zero-order valence-electron chi connectivity index (χ0n) is 14.0. The molecule has 5 heteroatoms. The first-order valence-electron chi connectivity index (χ1n) is 7.29. The number of rotatable bonds is 0. The minimum Gasteiger partial charge on any atom is -0.443 e. The molecule has 116 valence electrons. The summed E-state index contributed by atoms with van der Waals surface area (Å²) < 4.78 is 6.80. The van der Waals surface area contributed by atoms with E-state index >= 15 is 0 Å². The van der Waals surface area contributed by atoms with Gasteiger partial charge in [-0.1, -0.05) is 25.6 Å². The van der Waals surface area contributed by atoms with E-state index in [1.807, 2.05) is 32.9 Å². The van der Waals surface area contributed by atoms with E-state index in [-0.39, 0.29) is 0 Å². The lowest BCUT2D eigenvalue weighted by Crippen LogP contribution is -2.26. The summed E-state index contributed by atoms with van der Waals surface area (Å²) in [6, 6.07) is 3.81. The minimum atomic E-state index is -1.42. The molecule has 0 N–H and O–H groups in total. The summed E-state index contributed by atoms with van der Waals surface area (Å²) in [4.78, 5) is 16.5. The van der Waals surface area contributed by atoms with Crippen molar-refractivity contribution in [1.29, 1.82) is 0 Å². The third-order valence-corrected chi connectivity index (χ3v) is 3.57. The molecule has 2 aromatic rings. The summed E-state index contributed by atoms with van der Waals surface area (Å²) in [6.07, 6.45) is 2.97. The number of carbonyl (C=O) groups excluding carboxylic acids is 1. The maximum absolute atomic E-state index is 12.2.